The van der Waals surface area contributed by atoms with Crippen molar-refractivity contribution in [1.82, 2.24) is 0 Å². The molecule has 0 spiro atoms. The lowest BCUT2D eigenvalue weighted by molar-refractivity contribution is -0.0283. The predicted molar refractivity (Wildman–Crippen MR) is 212 cm³/mol. The molecule has 0 bridgehead atoms. The molecule has 0 aliphatic rings. The smallest absolute Gasteiger partial charge is 0.119 e. The monoisotopic (exact) mass is 787 g/mol. The molecule has 0 aromatic heterocycles. The highest BCUT2D eigenvalue weighted by Crippen LogP contribution is 2.15. The molecule has 1 rings (SSSR count). The van der Waals surface area contributed by atoms with E-state index in [0.717, 1.165) is 12.2 Å². The first-order valence-electron chi connectivity index (χ1n) is 20.4. The largest absolute Gasteiger partial charge is 0.491 e. The minimum Gasteiger partial charge on any atom is -0.491 e. The molecular weight excluding hydrogens is 712 g/mol. The second kappa shape index (κ2) is 44.8. The molecule has 13 nitrogen and oxygen atoms in total. The van der Waals surface area contributed by atoms with Crippen LogP contribution in [0.4, 0.5) is 0 Å². The molecule has 0 N–H and O–H groups in total. The van der Waals surface area contributed by atoms with E-state index < -0.39 is 0 Å². The minimum absolute atomic E-state index is 0.307. The summed E-state index contributed by atoms with van der Waals surface area (Å²) >= 11 is 0. The van der Waals surface area contributed by atoms with Gasteiger partial charge in [0, 0.05) is 0 Å². The summed E-state index contributed by atoms with van der Waals surface area (Å²) in [4.78, 5) is 0. The Balaban J connectivity index is 1.67. The van der Waals surface area contributed by atoms with Crippen LogP contribution in [-0.4, -0.2) is 165 Å². The van der Waals surface area contributed by atoms with E-state index in [9.17, 15) is 0 Å². The quantitative estimate of drug-likeness (QED) is 0.0638. The lowest BCUT2D eigenvalue weighted by atomic mass is 10.0. The molecule has 0 amide bonds. The number of hydrogen-bond donors (Lipinski definition) is 0. The topological polar surface area (TPSA) is 120 Å². The molecule has 0 aliphatic heterocycles. The van der Waals surface area contributed by atoms with Gasteiger partial charge >= 0.3 is 0 Å². The Morgan fingerprint density at radius 1 is 0.364 bits per heavy atom. The maximum atomic E-state index is 5.79. The molecular formula is C42H74O13. The van der Waals surface area contributed by atoms with Crippen molar-refractivity contribution in [2.75, 3.05) is 165 Å². The third kappa shape index (κ3) is 40.1. The maximum absolute atomic E-state index is 5.79. The number of unbranched alkanes of at least 4 members (excludes halogenated alkanes) is 6. The molecule has 0 aliphatic carbocycles. The van der Waals surface area contributed by atoms with Gasteiger partial charge in [0.15, 0.2) is 0 Å². The van der Waals surface area contributed by atoms with E-state index in [2.05, 4.69) is 37.1 Å². The first kappa shape index (κ1) is 51.1. The van der Waals surface area contributed by atoms with Crippen molar-refractivity contribution in [3.8, 4) is 18.1 Å². The molecule has 0 fully saturated rings. The van der Waals surface area contributed by atoms with E-state index in [4.69, 9.17) is 68.0 Å². The van der Waals surface area contributed by atoms with Gasteiger partial charge in [-0.2, -0.15) is 0 Å². The normalized spacial score (nSPS) is 11.3. The number of aryl methyl sites for hydroxylation is 1. The van der Waals surface area contributed by atoms with Crippen LogP contribution in [0.15, 0.2) is 24.3 Å². The summed E-state index contributed by atoms with van der Waals surface area (Å²) in [5, 5.41) is 0. The average Bonchev–Trinajstić information content (AvgIpc) is 3.20. The van der Waals surface area contributed by atoms with E-state index in [1.165, 1.54) is 50.5 Å². The standard InChI is InChI=1S/C42H74O13/c1-3-5-6-7-8-9-10-11-41-12-14-42(15-13-41)55-40-39-54-38-37-53-36-35-52-34-33-51-32-31-50-30-29-49-28-27-48-26-25-47-24-23-46-22-21-45-20-19-44-18-17-43-16-4-2/h2,12-15H,3,5-11,16-40H2,1H3. The number of hydrogen-bond acceptors (Lipinski definition) is 13. The molecule has 13 heteroatoms. The molecule has 1 aromatic carbocycles. The molecule has 0 saturated carbocycles. The van der Waals surface area contributed by atoms with Gasteiger partial charge in [-0.05, 0) is 30.5 Å². The number of terminal acetylenes is 1. The third-order valence-electron chi connectivity index (χ3n) is 7.77. The van der Waals surface area contributed by atoms with Crippen LogP contribution < -0.4 is 4.74 Å². The summed E-state index contributed by atoms with van der Waals surface area (Å²) in [5.41, 5.74) is 1.38. The highest BCUT2D eigenvalue weighted by Gasteiger charge is 1.99. The van der Waals surface area contributed by atoms with Gasteiger partial charge in [0.05, 0.1) is 152 Å². The fourth-order valence-electron chi connectivity index (χ4n) is 4.81. The lowest BCUT2D eigenvalue weighted by Gasteiger charge is -2.09. The van der Waals surface area contributed by atoms with Crippen molar-refractivity contribution in [3.05, 3.63) is 29.8 Å². The summed E-state index contributed by atoms with van der Waals surface area (Å²) in [7, 11) is 0. The first-order valence-corrected chi connectivity index (χ1v) is 20.4. The fraction of sp³-hybridized carbons (Fsp3) is 0.810. The van der Waals surface area contributed by atoms with E-state index in [1.54, 1.807) is 0 Å². The first-order chi connectivity index (χ1) is 27.4. The summed E-state index contributed by atoms with van der Waals surface area (Å²) < 4.78 is 71.3. The second-order valence-corrected chi connectivity index (χ2v) is 12.4. The van der Waals surface area contributed by atoms with Crippen molar-refractivity contribution in [1.29, 1.82) is 0 Å². The van der Waals surface area contributed by atoms with E-state index in [-0.39, 0.29) is 0 Å². The molecule has 0 saturated heterocycles. The van der Waals surface area contributed by atoms with Gasteiger partial charge in [0.1, 0.15) is 19.0 Å². The Morgan fingerprint density at radius 2 is 0.655 bits per heavy atom. The zero-order chi connectivity index (χ0) is 39.2. The number of ether oxygens (including phenoxy) is 13. The summed E-state index contributed by atoms with van der Waals surface area (Å²) in [6, 6.07) is 8.45. The lowest BCUT2D eigenvalue weighted by Crippen LogP contribution is -2.15. The highest BCUT2D eigenvalue weighted by molar-refractivity contribution is 5.27. The van der Waals surface area contributed by atoms with Crippen LogP contribution in [0.5, 0.6) is 5.75 Å². The highest BCUT2D eigenvalue weighted by atomic mass is 16.6. The van der Waals surface area contributed by atoms with Crippen molar-refractivity contribution < 1.29 is 61.6 Å². The molecule has 0 unspecified atom stereocenters. The molecule has 0 heterocycles. The van der Waals surface area contributed by atoms with E-state index >= 15 is 0 Å². The zero-order valence-electron chi connectivity index (χ0n) is 34.0. The van der Waals surface area contributed by atoms with Crippen molar-refractivity contribution in [2.24, 2.45) is 0 Å². The predicted octanol–water partition coefficient (Wildman–Crippen LogP) is 5.19. The van der Waals surface area contributed by atoms with Gasteiger partial charge in [-0.25, -0.2) is 0 Å². The number of benzene rings is 1. The van der Waals surface area contributed by atoms with Gasteiger partial charge in [0.2, 0.25) is 0 Å². The van der Waals surface area contributed by atoms with Crippen molar-refractivity contribution >= 4 is 0 Å². The van der Waals surface area contributed by atoms with Gasteiger partial charge in [-0.15, -0.1) is 6.42 Å². The Morgan fingerprint density at radius 3 is 0.982 bits per heavy atom. The van der Waals surface area contributed by atoms with Crippen LogP contribution in [-0.2, 0) is 63.3 Å². The van der Waals surface area contributed by atoms with E-state index in [0.29, 0.717) is 165 Å². The second-order valence-electron chi connectivity index (χ2n) is 12.4. The summed E-state index contributed by atoms with van der Waals surface area (Å²) in [5.74, 6) is 3.29. The molecule has 320 valence electrons. The van der Waals surface area contributed by atoms with Crippen LogP contribution in [0.1, 0.15) is 57.4 Å². The van der Waals surface area contributed by atoms with Gasteiger partial charge < -0.3 is 61.6 Å². The maximum Gasteiger partial charge on any atom is 0.119 e. The summed E-state index contributed by atoms with van der Waals surface area (Å²) in [6.07, 6.45) is 15.6. The minimum atomic E-state index is 0.307. The van der Waals surface area contributed by atoms with Gasteiger partial charge in [-0.3, -0.25) is 0 Å². The Bertz CT molecular complexity index is 916. The molecule has 0 radical (unpaired) electrons. The SMILES string of the molecule is C#CCOCCOCCOCCOCCOCCOCCOCCOCCOCCOCCOCCOCCOc1ccc(CCCCCCCCC)cc1. The van der Waals surface area contributed by atoms with Crippen LogP contribution in [0.2, 0.25) is 0 Å². The third-order valence-corrected chi connectivity index (χ3v) is 7.77. The van der Waals surface area contributed by atoms with Crippen molar-refractivity contribution in [2.45, 2.75) is 58.3 Å². The fourth-order valence-corrected chi connectivity index (χ4v) is 4.81. The Kier molecular flexibility index (Phi) is 41.6. The zero-order valence-corrected chi connectivity index (χ0v) is 34.0. The van der Waals surface area contributed by atoms with E-state index in [1.807, 2.05) is 0 Å². The average molecular weight is 787 g/mol. The van der Waals surface area contributed by atoms with Crippen LogP contribution in [0.25, 0.3) is 0 Å². The molecule has 1 aromatic rings. The Labute approximate surface area is 332 Å². The summed E-state index contributed by atoms with van der Waals surface area (Å²) in [6.45, 7) is 14.8. The van der Waals surface area contributed by atoms with Crippen molar-refractivity contribution in [3.63, 3.8) is 0 Å². The van der Waals surface area contributed by atoms with Crippen LogP contribution in [0.3, 0.4) is 0 Å². The van der Waals surface area contributed by atoms with Crippen LogP contribution >= 0.6 is 0 Å². The number of rotatable bonds is 46. The molecule has 0 atom stereocenters. The van der Waals surface area contributed by atoms with Gasteiger partial charge in [0.25, 0.3) is 0 Å². The Hall–Kier alpha value is -1.90. The van der Waals surface area contributed by atoms with Crippen LogP contribution in [0, 0.1) is 12.3 Å². The molecule has 55 heavy (non-hydrogen) atoms. The van der Waals surface area contributed by atoms with Gasteiger partial charge in [-0.1, -0.05) is 63.5 Å².